The summed E-state index contributed by atoms with van der Waals surface area (Å²) in [4.78, 5) is 34.7. The molecule has 1 aliphatic rings. The fraction of sp³-hybridized carbons (Fsp3) is 0.105. The first-order valence-corrected chi connectivity index (χ1v) is 9.55. The van der Waals surface area contributed by atoms with Crippen molar-refractivity contribution < 1.29 is 24.2 Å². The fourth-order valence-corrected chi connectivity index (χ4v) is 3.35. The highest BCUT2D eigenvalue weighted by Gasteiger charge is 2.32. The van der Waals surface area contributed by atoms with Crippen molar-refractivity contribution in [3.63, 3.8) is 0 Å². The number of carboxylic acids is 1. The van der Waals surface area contributed by atoms with Gasteiger partial charge in [-0.05, 0) is 36.4 Å². The molecule has 0 aliphatic carbocycles. The van der Waals surface area contributed by atoms with Gasteiger partial charge in [-0.25, -0.2) is 4.79 Å². The molecule has 1 heterocycles. The van der Waals surface area contributed by atoms with Crippen LogP contribution in [0.15, 0.2) is 58.7 Å². The van der Waals surface area contributed by atoms with Crippen LogP contribution in [0, 0.1) is 0 Å². The fourth-order valence-electron chi connectivity index (χ4n) is 2.31. The van der Waals surface area contributed by atoms with Crippen molar-refractivity contribution in [2.75, 3.05) is 0 Å². The van der Waals surface area contributed by atoms with E-state index in [1.165, 1.54) is 6.21 Å². The summed E-state index contributed by atoms with van der Waals surface area (Å²) in [6.07, 6.45) is 1.07. The summed E-state index contributed by atoms with van der Waals surface area (Å²) in [6, 6.07) is 13.0. The quantitative estimate of drug-likeness (QED) is 0.314. The second kappa shape index (κ2) is 9.35. The molecule has 3 rings (SSSR count). The average Bonchev–Trinajstić information content (AvgIpc) is 3.02. The number of esters is 1. The van der Waals surface area contributed by atoms with Gasteiger partial charge in [0.1, 0.15) is 11.0 Å². The Kier molecular flexibility index (Phi) is 6.63. The van der Waals surface area contributed by atoms with Crippen molar-refractivity contribution in [1.82, 2.24) is 5.32 Å². The highest BCUT2D eigenvalue weighted by atomic mass is 35.5. The molecule has 0 saturated carbocycles. The molecule has 2 N–H and O–H groups in total. The third-order valence-electron chi connectivity index (χ3n) is 3.68. The van der Waals surface area contributed by atoms with Crippen LogP contribution >= 0.6 is 23.4 Å². The summed E-state index contributed by atoms with van der Waals surface area (Å²) >= 11 is 6.81. The lowest BCUT2D eigenvalue weighted by Gasteiger charge is -2.07. The van der Waals surface area contributed by atoms with E-state index >= 15 is 0 Å². The molecule has 0 bridgehead atoms. The third-order valence-corrected chi connectivity index (χ3v) is 5.01. The molecule has 1 fully saturated rings. The topological polar surface area (TPSA) is 117 Å². The van der Waals surface area contributed by atoms with Crippen LogP contribution in [0.3, 0.4) is 0 Å². The standard InChI is InChI=1S/C19H14ClN3O5S/c20-13-7-5-11(6-8-13)18(27)28-14-4-2-1-3-12(14)10-21-23-19-22-17(26)15(29-19)9-16(24)25/h1-8,10,15H,9H2,(H,24,25)(H,22,23,26)/b21-10+. The highest BCUT2D eigenvalue weighted by molar-refractivity contribution is 8.15. The maximum Gasteiger partial charge on any atom is 0.343 e. The van der Waals surface area contributed by atoms with E-state index in [0.29, 0.717) is 16.1 Å². The van der Waals surface area contributed by atoms with Crippen LogP contribution in [-0.2, 0) is 9.59 Å². The predicted molar refractivity (Wildman–Crippen MR) is 110 cm³/mol. The first kappa shape index (κ1) is 20.6. The Morgan fingerprint density at radius 1 is 1.21 bits per heavy atom. The van der Waals surface area contributed by atoms with Crippen LogP contribution in [-0.4, -0.2) is 39.6 Å². The Balaban J connectivity index is 1.69. The van der Waals surface area contributed by atoms with Crippen molar-refractivity contribution in [3.8, 4) is 5.75 Å². The van der Waals surface area contributed by atoms with Gasteiger partial charge in [0, 0.05) is 10.6 Å². The molecule has 29 heavy (non-hydrogen) atoms. The smallest absolute Gasteiger partial charge is 0.343 e. The van der Waals surface area contributed by atoms with Gasteiger partial charge in [-0.1, -0.05) is 35.5 Å². The Morgan fingerprint density at radius 2 is 1.93 bits per heavy atom. The molecule has 0 spiro atoms. The van der Waals surface area contributed by atoms with Crippen molar-refractivity contribution in [2.45, 2.75) is 11.7 Å². The minimum Gasteiger partial charge on any atom is -0.481 e. The highest BCUT2D eigenvalue weighted by Crippen LogP contribution is 2.23. The molecule has 1 amide bonds. The molecule has 1 aliphatic heterocycles. The normalized spacial score (nSPS) is 17.5. The molecule has 2 aromatic carbocycles. The van der Waals surface area contributed by atoms with Crippen molar-refractivity contribution >= 4 is 52.6 Å². The van der Waals surface area contributed by atoms with E-state index in [1.54, 1.807) is 48.5 Å². The number of hydrogen-bond donors (Lipinski definition) is 2. The maximum absolute atomic E-state index is 12.3. The summed E-state index contributed by atoms with van der Waals surface area (Å²) in [5.74, 6) is -1.77. The molecular weight excluding hydrogens is 418 g/mol. The first-order valence-electron chi connectivity index (χ1n) is 8.29. The van der Waals surface area contributed by atoms with E-state index in [0.717, 1.165) is 11.8 Å². The largest absolute Gasteiger partial charge is 0.481 e. The number of rotatable bonds is 6. The van der Waals surface area contributed by atoms with Gasteiger partial charge in [0.2, 0.25) is 5.91 Å². The van der Waals surface area contributed by atoms with Crippen molar-refractivity contribution in [3.05, 3.63) is 64.7 Å². The van der Waals surface area contributed by atoms with E-state index < -0.39 is 23.1 Å². The van der Waals surface area contributed by atoms with E-state index in [-0.39, 0.29) is 17.3 Å². The van der Waals surface area contributed by atoms with Gasteiger partial charge in [-0.15, -0.1) is 5.10 Å². The number of amidine groups is 1. The number of thioether (sulfide) groups is 1. The molecular formula is C19H14ClN3O5S. The number of carbonyl (C=O) groups is 3. The third kappa shape index (κ3) is 5.66. The van der Waals surface area contributed by atoms with Crippen LogP contribution < -0.4 is 10.1 Å². The lowest BCUT2D eigenvalue weighted by molar-refractivity contribution is -0.138. The summed E-state index contributed by atoms with van der Waals surface area (Å²) in [5, 5.41) is 19.0. The average molecular weight is 432 g/mol. The number of nitrogens with one attached hydrogen (secondary N) is 1. The number of halogens is 1. The van der Waals surface area contributed by atoms with Gasteiger partial charge in [0.15, 0.2) is 5.17 Å². The number of benzene rings is 2. The second-order valence-electron chi connectivity index (χ2n) is 5.78. The van der Waals surface area contributed by atoms with Gasteiger partial charge in [-0.2, -0.15) is 5.10 Å². The lowest BCUT2D eigenvalue weighted by Crippen LogP contribution is -2.26. The van der Waals surface area contributed by atoms with E-state index in [9.17, 15) is 14.4 Å². The number of ether oxygens (including phenoxy) is 1. The maximum atomic E-state index is 12.3. The van der Waals surface area contributed by atoms with Crippen LogP contribution in [0.5, 0.6) is 5.75 Å². The molecule has 2 aromatic rings. The molecule has 1 saturated heterocycles. The van der Waals surface area contributed by atoms with Crippen LogP contribution in [0.2, 0.25) is 5.02 Å². The number of aliphatic carboxylic acids is 1. The Hall–Kier alpha value is -3.17. The molecule has 8 nitrogen and oxygen atoms in total. The van der Waals surface area contributed by atoms with Crippen LogP contribution in [0.4, 0.5) is 0 Å². The van der Waals surface area contributed by atoms with Crippen molar-refractivity contribution in [1.29, 1.82) is 0 Å². The Labute approximate surface area is 174 Å². The van der Waals surface area contributed by atoms with Crippen LogP contribution in [0.25, 0.3) is 0 Å². The minimum absolute atomic E-state index is 0.202. The zero-order valence-corrected chi connectivity index (χ0v) is 16.3. The predicted octanol–water partition coefficient (Wildman–Crippen LogP) is 2.96. The molecule has 0 radical (unpaired) electrons. The number of amides is 1. The monoisotopic (exact) mass is 431 g/mol. The SMILES string of the molecule is O=C(O)CC1S/C(=N/N=C/c2ccccc2OC(=O)c2ccc(Cl)cc2)NC1=O. The van der Waals surface area contributed by atoms with E-state index in [1.807, 2.05) is 0 Å². The molecule has 1 unspecified atom stereocenters. The number of hydrogen-bond acceptors (Lipinski definition) is 7. The summed E-state index contributed by atoms with van der Waals surface area (Å²) in [5.41, 5.74) is 0.839. The first-order chi connectivity index (χ1) is 13.9. The number of nitrogens with zero attached hydrogens (tertiary/aromatic N) is 2. The molecule has 0 aromatic heterocycles. The lowest BCUT2D eigenvalue weighted by atomic mass is 10.2. The Bertz CT molecular complexity index is 1010. The minimum atomic E-state index is -1.07. The molecule has 148 valence electrons. The number of para-hydroxylation sites is 1. The van der Waals surface area contributed by atoms with E-state index in [4.69, 9.17) is 21.4 Å². The van der Waals surface area contributed by atoms with E-state index in [2.05, 4.69) is 15.5 Å². The summed E-state index contributed by atoms with van der Waals surface area (Å²) in [7, 11) is 0. The van der Waals surface area contributed by atoms with Crippen molar-refractivity contribution in [2.24, 2.45) is 10.2 Å². The zero-order valence-electron chi connectivity index (χ0n) is 14.7. The van der Waals surface area contributed by atoms with Crippen LogP contribution in [0.1, 0.15) is 22.3 Å². The number of carbonyl (C=O) groups excluding carboxylic acids is 2. The molecule has 1 atom stereocenters. The van der Waals surface area contributed by atoms with Gasteiger partial charge >= 0.3 is 11.9 Å². The van der Waals surface area contributed by atoms with Gasteiger partial charge in [0.05, 0.1) is 18.2 Å². The molecule has 10 heteroatoms. The summed E-state index contributed by atoms with van der Waals surface area (Å²) in [6.45, 7) is 0. The Morgan fingerprint density at radius 3 is 2.66 bits per heavy atom. The summed E-state index contributed by atoms with van der Waals surface area (Å²) < 4.78 is 5.41. The van der Waals surface area contributed by atoms with Gasteiger partial charge in [-0.3, -0.25) is 9.59 Å². The second-order valence-corrected chi connectivity index (χ2v) is 7.41. The van der Waals surface area contributed by atoms with Gasteiger partial charge in [0.25, 0.3) is 0 Å². The number of carboxylic acid groups (broad SMARTS) is 1. The zero-order chi connectivity index (χ0) is 20.8. The van der Waals surface area contributed by atoms with Gasteiger partial charge < -0.3 is 15.2 Å².